The third-order valence-corrected chi connectivity index (χ3v) is 15.9. The largest absolute Gasteiger partial charge is 0.394 e. The van der Waals surface area contributed by atoms with Crippen LogP contribution in [0.2, 0.25) is 0 Å². The molecule has 3 rings (SSSR count). The zero-order valence-corrected chi connectivity index (χ0v) is 49.5. The summed E-state index contributed by atoms with van der Waals surface area (Å²) in [4.78, 5) is 13.3. The Kier molecular flexibility index (Phi) is 41.0. The summed E-state index contributed by atoms with van der Waals surface area (Å²) in [6.45, 7) is 1.68. The molecule has 1 amide bonds. The molecule has 81 heavy (non-hydrogen) atoms. The van der Waals surface area contributed by atoms with Crippen molar-refractivity contribution in [2.24, 2.45) is 0 Å². The topological polar surface area (TPSA) is 307 Å². The van der Waals surface area contributed by atoms with Gasteiger partial charge in [0.15, 0.2) is 18.9 Å². The Balaban J connectivity index is 1.48. The van der Waals surface area contributed by atoms with Crippen LogP contribution in [0.15, 0.2) is 36.5 Å². The normalized spacial score (nSPS) is 30.0. The minimum Gasteiger partial charge on any atom is -0.394 e. The molecule has 3 saturated heterocycles. The van der Waals surface area contributed by atoms with Crippen molar-refractivity contribution in [1.82, 2.24) is 5.32 Å². The van der Waals surface area contributed by atoms with E-state index < -0.39 is 124 Å². The van der Waals surface area contributed by atoms with Crippen molar-refractivity contribution in [2.75, 3.05) is 26.4 Å². The molecule has 3 aliphatic rings. The molecule has 0 bridgehead atoms. The van der Waals surface area contributed by atoms with Crippen molar-refractivity contribution in [1.29, 1.82) is 0 Å². The van der Waals surface area contributed by atoms with Crippen LogP contribution in [-0.2, 0) is 33.2 Å². The lowest BCUT2D eigenvalue weighted by Crippen LogP contribution is -2.66. The molecule has 17 unspecified atom stereocenters. The first kappa shape index (κ1) is 73.3. The molecule has 3 heterocycles. The molecule has 0 aliphatic carbocycles. The number of ether oxygens (including phenoxy) is 6. The van der Waals surface area contributed by atoms with Crippen LogP contribution in [0.5, 0.6) is 0 Å². The molecule has 0 aromatic carbocycles. The maximum Gasteiger partial charge on any atom is 0.220 e. The molecule has 0 spiro atoms. The first-order valence-corrected chi connectivity index (χ1v) is 31.7. The predicted octanol–water partition coefficient (Wildman–Crippen LogP) is 6.49. The summed E-state index contributed by atoms with van der Waals surface area (Å²) in [5.41, 5.74) is 0. The lowest BCUT2D eigenvalue weighted by Gasteiger charge is -2.48. The Bertz CT molecular complexity index is 1620. The summed E-state index contributed by atoms with van der Waals surface area (Å²) < 4.78 is 34.3. The van der Waals surface area contributed by atoms with Gasteiger partial charge in [0.05, 0.1) is 38.6 Å². The van der Waals surface area contributed by atoms with E-state index in [9.17, 15) is 61.0 Å². The van der Waals surface area contributed by atoms with Crippen molar-refractivity contribution in [3.05, 3.63) is 36.5 Å². The second-order valence-corrected chi connectivity index (χ2v) is 22.9. The predicted molar refractivity (Wildman–Crippen MR) is 309 cm³/mol. The van der Waals surface area contributed by atoms with E-state index in [0.29, 0.717) is 6.42 Å². The molecule has 0 aromatic heterocycles. The van der Waals surface area contributed by atoms with Gasteiger partial charge in [-0.25, -0.2) is 0 Å². The van der Waals surface area contributed by atoms with Crippen molar-refractivity contribution >= 4 is 5.91 Å². The van der Waals surface area contributed by atoms with E-state index >= 15 is 0 Å². The van der Waals surface area contributed by atoms with Crippen molar-refractivity contribution < 1.29 is 89.4 Å². The number of aliphatic hydroxyl groups is 11. The van der Waals surface area contributed by atoms with E-state index in [4.69, 9.17) is 28.4 Å². The standard InChI is InChI=1S/C62H113NO18/c1-3-5-7-9-11-13-15-17-19-20-21-22-23-24-25-26-27-29-31-33-35-37-39-46(67)45(63-50(68)40-38-36-34-32-30-28-18-16-14-12-10-8-6-4-2)44-76-60-56(74)53(71)58(48(42-65)78-60)81-62-57(75)54(72)59(49(43-66)79-62)80-61-55(73)52(70)51(69)47(41-64)77-61/h10,12,16,18,37,39,45-49,51-62,64-67,69-75H,3-9,11,13-15,17,19-36,38,40-44H2,1-2H3,(H,63,68)/b12-10-,18-16-,39-37+. The van der Waals surface area contributed by atoms with Gasteiger partial charge in [0.25, 0.3) is 0 Å². The average molecular weight is 1160 g/mol. The highest BCUT2D eigenvalue weighted by Gasteiger charge is 2.53. The third kappa shape index (κ3) is 28.8. The molecule has 19 heteroatoms. The van der Waals surface area contributed by atoms with Gasteiger partial charge in [0.1, 0.15) is 73.2 Å². The number of unbranched alkanes of at least 4 members (excludes halogenated alkanes) is 27. The summed E-state index contributed by atoms with van der Waals surface area (Å²) in [7, 11) is 0. The Morgan fingerprint density at radius 3 is 1.30 bits per heavy atom. The summed E-state index contributed by atoms with van der Waals surface area (Å²) >= 11 is 0. The first-order valence-electron chi connectivity index (χ1n) is 31.7. The van der Waals surface area contributed by atoms with Gasteiger partial charge in [-0.15, -0.1) is 0 Å². The Morgan fingerprint density at radius 1 is 0.444 bits per heavy atom. The van der Waals surface area contributed by atoms with Crippen LogP contribution in [0.4, 0.5) is 0 Å². The quantitative estimate of drug-likeness (QED) is 0.0229. The second-order valence-electron chi connectivity index (χ2n) is 22.9. The zero-order chi connectivity index (χ0) is 59.0. The number of aliphatic hydroxyl groups excluding tert-OH is 11. The smallest absolute Gasteiger partial charge is 0.220 e. The average Bonchev–Trinajstić information content (AvgIpc) is 3.48. The fourth-order valence-corrected chi connectivity index (χ4v) is 10.7. The van der Waals surface area contributed by atoms with Crippen molar-refractivity contribution in [3.8, 4) is 0 Å². The number of hydrogen-bond acceptors (Lipinski definition) is 18. The second kappa shape index (κ2) is 45.3. The molecule has 474 valence electrons. The zero-order valence-electron chi connectivity index (χ0n) is 49.5. The van der Waals surface area contributed by atoms with E-state index in [2.05, 4.69) is 43.5 Å². The summed E-state index contributed by atoms with van der Waals surface area (Å²) in [5, 5.41) is 120. The van der Waals surface area contributed by atoms with Gasteiger partial charge in [-0.2, -0.15) is 0 Å². The van der Waals surface area contributed by atoms with Crippen LogP contribution in [0.1, 0.15) is 219 Å². The molecule has 0 aromatic rings. The van der Waals surface area contributed by atoms with E-state index in [1.807, 2.05) is 6.08 Å². The number of amides is 1. The molecular formula is C62H113NO18. The number of carbonyl (C=O) groups excluding carboxylic acids is 1. The number of hydrogen-bond donors (Lipinski definition) is 12. The van der Waals surface area contributed by atoms with E-state index in [1.165, 1.54) is 122 Å². The lowest BCUT2D eigenvalue weighted by molar-refractivity contribution is -0.379. The van der Waals surface area contributed by atoms with Gasteiger partial charge in [0.2, 0.25) is 5.91 Å². The number of rotatable bonds is 47. The van der Waals surface area contributed by atoms with Gasteiger partial charge in [-0.05, 0) is 44.9 Å². The third-order valence-electron chi connectivity index (χ3n) is 15.9. The van der Waals surface area contributed by atoms with E-state index in [-0.39, 0.29) is 18.9 Å². The van der Waals surface area contributed by atoms with Crippen LogP contribution >= 0.6 is 0 Å². The lowest BCUT2D eigenvalue weighted by atomic mass is 9.96. The molecule has 19 nitrogen and oxygen atoms in total. The summed E-state index contributed by atoms with van der Waals surface area (Å²) in [6, 6.07) is -0.979. The Hall–Kier alpha value is -1.99. The molecule has 12 N–H and O–H groups in total. The van der Waals surface area contributed by atoms with Crippen LogP contribution in [0.3, 0.4) is 0 Å². The minimum atomic E-state index is -1.98. The SMILES string of the molecule is CCCC/C=C\C/C=C\CCCCCCCC(=O)NC(COC1OC(CO)C(OC2OC(CO)C(OC3OC(CO)C(O)C(O)C3O)C(O)C2O)C(O)C1O)C(O)/C=C/CCCCCCCCCCCCCCCCCCCCCC. The molecule has 3 fully saturated rings. The highest BCUT2D eigenvalue weighted by atomic mass is 16.8. The van der Waals surface area contributed by atoms with Crippen LogP contribution in [0, 0.1) is 0 Å². The van der Waals surface area contributed by atoms with E-state index in [0.717, 1.165) is 70.6 Å². The minimum absolute atomic E-state index is 0.227. The van der Waals surface area contributed by atoms with Gasteiger partial charge >= 0.3 is 0 Å². The summed E-state index contributed by atoms with van der Waals surface area (Å²) in [5.74, 6) is -0.290. The fraction of sp³-hybridized carbons (Fsp3) is 0.887. The molecule has 3 aliphatic heterocycles. The van der Waals surface area contributed by atoms with Gasteiger partial charge in [-0.1, -0.05) is 204 Å². The molecule has 0 radical (unpaired) electrons. The van der Waals surface area contributed by atoms with Gasteiger partial charge in [-0.3, -0.25) is 4.79 Å². The van der Waals surface area contributed by atoms with E-state index in [1.54, 1.807) is 6.08 Å². The van der Waals surface area contributed by atoms with Gasteiger partial charge < -0.3 is 89.9 Å². The number of allylic oxidation sites excluding steroid dienone is 5. The number of carbonyl (C=O) groups is 1. The van der Waals surface area contributed by atoms with Gasteiger partial charge in [0, 0.05) is 6.42 Å². The molecular weight excluding hydrogens is 1050 g/mol. The Labute approximate surface area is 485 Å². The first-order chi connectivity index (χ1) is 39.3. The fourth-order valence-electron chi connectivity index (χ4n) is 10.7. The maximum absolute atomic E-state index is 13.3. The highest BCUT2D eigenvalue weighted by Crippen LogP contribution is 2.33. The van der Waals surface area contributed by atoms with Crippen LogP contribution < -0.4 is 5.32 Å². The summed E-state index contributed by atoms with van der Waals surface area (Å²) in [6.07, 6.45) is 22.7. The molecule has 17 atom stereocenters. The van der Waals surface area contributed by atoms with Crippen molar-refractivity contribution in [3.63, 3.8) is 0 Å². The monoisotopic (exact) mass is 1160 g/mol. The number of nitrogens with one attached hydrogen (secondary N) is 1. The van der Waals surface area contributed by atoms with Crippen LogP contribution in [-0.4, -0.2) is 193 Å². The maximum atomic E-state index is 13.3. The Morgan fingerprint density at radius 2 is 0.827 bits per heavy atom. The van der Waals surface area contributed by atoms with Crippen molar-refractivity contribution in [2.45, 2.75) is 324 Å². The van der Waals surface area contributed by atoms with Crippen LogP contribution in [0.25, 0.3) is 0 Å². The molecule has 0 saturated carbocycles. The highest BCUT2D eigenvalue weighted by molar-refractivity contribution is 5.76.